The molecule has 0 radical (unpaired) electrons. The Labute approximate surface area is 188 Å². The molecule has 2 aromatic carbocycles. The van der Waals surface area contributed by atoms with Crippen molar-refractivity contribution >= 4 is 34.7 Å². The third-order valence-corrected chi connectivity index (χ3v) is 4.23. The summed E-state index contributed by atoms with van der Waals surface area (Å²) >= 11 is 0. The number of fused-ring (bicyclic) bond motifs is 1. The van der Waals surface area contributed by atoms with Gasteiger partial charge in [-0.25, -0.2) is 10.2 Å². The minimum Gasteiger partial charge on any atom is -0.490 e. The molecule has 0 spiro atoms. The van der Waals surface area contributed by atoms with E-state index in [2.05, 4.69) is 10.5 Å². The van der Waals surface area contributed by atoms with Gasteiger partial charge in [0.25, 0.3) is 5.69 Å². The van der Waals surface area contributed by atoms with Gasteiger partial charge in [0.05, 0.1) is 24.4 Å². The lowest BCUT2D eigenvalue weighted by Gasteiger charge is -2.12. The summed E-state index contributed by atoms with van der Waals surface area (Å²) < 4.78 is 21.2. The first-order chi connectivity index (χ1) is 15.9. The molecular formula is C22H21N3O8. The number of hydrogen-bond donors (Lipinski definition) is 1. The monoisotopic (exact) mass is 455 g/mol. The number of hydrazone groups is 1. The molecular weight excluding hydrogens is 434 g/mol. The van der Waals surface area contributed by atoms with E-state index in [-0.39, 0.29) is 24.7 Å². The molecule has 0 saturated carbocycles. The molecule has 1 amide bonds. The highest BCUT2D eigenvalue weighted by Gasteiger charge is 2.15. The van der Waals surface area contributed by atoms with E-state index in [4.69, 9.17) is 18.6 Å². The Kier molecular flexibility index (Phi) is 7.58. The number of rotatable bonds is 10. The molecule has 0 atom stereocenters. The highest BCUT2D eigenvalue weighted by Crippen LogP contribution is 2.28. The number of nitro benzene ring substituents is 1. The van der Waals surface area contributed by atoms with Gasteiger partial charge in [-0.3, -0.25) is 14.9 Å². The molecule has 3 aromatic rings. The SMILES string of the molecule is CCOC(=O)COc1ccc(/C=N/NC(=O)c2cc3cc([N+](=O)[O-])ccc3o2)cc1OCC. The molecule has 11 nitrogen and oxygen atoms in total. The van der Waals surface area contributed by atoms with Gasteiger partial charge in [-0.05, 0) is 49.7 Å². The van der Waals surface area contributed by atoms with E-state index in [9.17, 15) is 19.7 Å². The lowest BCUT2D eigenvalue weighted by atomic mass is 10.2. The van der Waals surface area contributed by atoms with Crippen LogP contribution in [0.4, 0.5) is 5.69 Å². The second-order valence-electron chi connectivity index (χ2n) is 6.52. The summed E-state index contributed by atoms with van der Waals surface area (Å²) in [5.41, 5.74) is 3.17. The molecule has 33 heavy (non-hydrogen) atoms. The van der Waals surface area contributed by atoms with Crippen LogP contribution in [0.15, 0.2) is 52.0 Å². The molecule has 0 fully saturated rings. The molecule has 0 aliphatic rings. The molecule has 0 unspecified atom stereocenters. The highest BCUT2D eigenvalue weighted by atomic mass is 16.6. The van der Waals surface area contributed by atoms with E-state index in [1.165, 1.54) is 30.5 Å². The first-order valence-electron chi connectivity index (χ1n) is 9.98. The quantitative estimate of drug-likeness (QED) is 0.212. The predicted octanol–water partition coefficient (Wildman–Crippen LogP) is 3.45. The normalized spacial score (nSPS) is 10.8. The molecule has 0 saturated heterocycles. The van der Waals surface area contributed by atoms with Crippen molar-refractivity contribution in [3.05, 3.63) is 63.9 Å². The second kappa shape index (κ2) is 10.8. The largest absolute Gasteiger partial charge is 0.490 e. The van der Waals surface area contributed by atoms with Gasteiger partial charge in [0.2, 0.25) is 0 Å². The Balaban J connectivity index is 1.66. The summed E-state index contributed by atoms with van der Waals surface area (Å²) in [5.74, 6) is -0.392. The molecule has 0 aliphatic heterocycles. The van der Waals surface area contributed by atoms with Gasteiger partial charge in [0.1, 0.15) is 5.58 Å². The zero-order valence-electron chi connectivity index (χ0n) is 17.9. The summed E-state index contributed by atoms with van der Waals surface area (Å²) in [6, 6.07) is 10.4. The van der Waals surface area contributed by atoms with E-state index >= 15 is 0 Å². The second-order valence-corrected chi connectivity index (χ2v) is 6.52. The molecule has 172 valence electrons. The fourth-order valence-corrected chi connectivity index (χ4v) is 2.81. The van der Waals surface area contributed by atoms with Crippen LogP contribution in [0.2, 0.25) is 0 Å². The van der Waals surface area contributed by atoms with Crippen molar-refractivity contribution in [2.75, 3.05) is 19.8 Å². The summed E-state index contributed by atoms with van der Waals surface area (Å²) in [4.78, 5) is 34.2. The molecule has 11 heteroatoms. The first-order valence-corrected chi connectivity index (χ1v) is 9.98. The van der Waals surface area contributed by atoms with E-state index in [0.717, 1.165) is 0 Å². The fourth-order valence-electron chi connectivity index (χ4n) is 2.81. The van der Waals surface area contributed by atoms with E-state index in [1.54, 1.807) is 32.0 Å². The summed E-state index contributed by atoms with van der Waals surface area (Å²) in [7, 11) is 0. The number of benzene rings is 2. The van der Waals surface area contributed by atoms with Crippen LogP contribution >= 0.6 is 0 Å². The molecule has 3 rings (SSSR count). The van der Waals surface area contributed by atoms with Crippen LogP contribution in [0.3, 0.4) is 0 Å². The number of carbonyl (C=O) groups is 2. The molecule has 1 heterocycles. The third kappa shape index (κ3) is 6.06. The van der Waals surface area contributed by atoms with Gasteiger partial charge in [0.15, 0.2) is 23.9 Å². The zero-order valence-corrected chi connectivity index (χ0v) is 17.9. The van der Waals surface area contributed by atoms with Crippen molar-refractivity contribution in [1.29, 1.82) is 0 Å². The number of ether oxygens (including phenoxy) is 3. The summed E-state index contributed by atoms with van der Waals surface area (Å²) in [6.07, 6.45) is 1.39. The van der Waals surface area contributed by atoms with E-state index in [0.29, 0.717) is 34.6 Å². The molecule has 1 aromatic heterocycles. The van der Waals surface area contributed by atoms with Crippen molar-refractivity contribution in [3.63, 3.8) is 0 Å². The van der Waals surface area contributed by atoms with Crippen LogP contribution in [0.1, 0.15) is 30.0 Å². The van der Waals surface area contributed by atoms with Crippen molar-refractivity contribution in [1.82, 2.24) is 5.43 Å². The summed E-state index contributed by atoms with van der Waals surface area (Å²) in [5, 5.41) is 15.2. The van der Waals surface area contributed by atoms with E-state index in [1.807, 2.05) is 0 Å². The average Bonchev–Trinajstić information content (AvgIpc) is 3.22. The first kappa shape index (κ1) is 23.3. The van der Waals surface area contributed by atoms with Crippen molar-refractivity contribution < 1.29 is 33.1 Å². The number of amides is 1. The average molecular weight is 455 g/mol. The standard InChI is InChI=1S/C22H21N3O8/c1-3-30-19-9-14(5-7-18(19)32-13-21(26)31-4-2)12-23-24-22(27)20-11-15-10-16(25(28)29)6-8-17(15)33-20/h5-12H,3-4,13H2,1-2H3,(H,24,27)/b23-12+. The van der Waals surface area contributed by atoms with Gasteiger partial charge in [0, 0.05) is 17.5 Å². The Morgan fingerprint density at radius 3 is 2.64 bits per heavy atom. The minimum atomic E-state index is -0.621. The van der Waals surface area contributed by atoms with Crippen LogP contribution in [0.5, 0.6) is 11.5 Å². The van der Waals surface area contributed by atoms with Gasteiger partial charge in [-0.1, -0.05) is 0 Å². The number of nitrogens with zero attached hydrogens (tertiary/aromatic N) is 2. The van der Waals surface area contributed by atoms with Gasteiger partial charge in [-0.15, -0.1) is 0 Å². The Morgan fingerprint density at radius 2 is 1.91 bits per heavy atom. The zero-order chi connectivity index (χ0) is 23.8. The fraction of sp³-hybridized carbons (Fsp3) is 0.227. The van der Waals surface area contributed by atoms with Gasteiger partial charge >= 0.3 is 11.9 Å². The maximum atomic E-state index is 12.3. The van der Waals surface area contributed by atoms with Crippen molar-refractivity contribution in [2.24, 2.45) is 5.10 Å². The Hall–Kier alpha value is -4.41. The number of carbonyl (C=O) groups excluding carboxylic acids is 2. The van der Waals surface area contributed by atoms with Crippen molar-refractivity contribution in [2.45, 2.75) is 13.8 Å². The number of hydrogen-bond acceptors (Lipinski definition) is 9. The van der Waals surface area contributed by atoms with Gasteiger partial charge in [-0.2, -0.15) is 5.10 Å². The van der Waals surface area contributed by atoms with Gasteiger partial charge < -0.3 is 18.6 Å². The lowest BCUT2D eigenvalue weighted by Crippen LogP contribution is -2.16. The lowest BCUT2D eigenvalue weighted by molar-refractivity contribution is -0.384. The molecule has 1 N–H and O–H groups in total. The van der Waals surface area contributed by atoms with Crippen LogP contribution in [-0.2, 0) is 9.53 Å². The highest BCUT2D eigenvalue weighted by molar-refractivity contribution is 5.97. The third-order valence-electron chi connectivity index (χ3n) is 4.23. The maximum absolute atomic E-state index is 12.3. The Morgan fingerprint density at radius 1 is 1.09 bits per heavy atom. The number of esters is 1. The Bertz CT molecular complexity index is 1200. The minimum absolute atomic E-state index is 0.0413. The smallest absolute Gasteiger partial charge is 0.344 e. The van der Waals surface area contributed by atoms with Crippen molar-refractivity contribution in [3.8, 4) is 11.5 Å². The summed E-state index contributed by atoms with van der Waals surface area (Å²) in [6.45, 7) is 3.89. The molecule has 0 aliphatic carbocycles. The van der Waals surface area contributed by atoms with Crippen LogP contribution in [-0.4, -0.2) is 42.8 Å². The number of non-ortho nitro benzene ring substituents is 1. The predicted molar refractivity (Wildman–Crippen MR) is 118 cm³/mol. The maximum Gasteiger partial charge on any atom is 0.344 e. The van der Waals surface area contributed by atoms with Crippen LogP contribution in [0, 0.1) is 10.1 Å². The topological polar surface area (TPSA) is 143 Å². The van der Waals surface area contributed by atoms with Crippen LogP contribution < -0.4 is 14.9 Å². The molecule has 0 bridgehead atoms. The number of furan rings is 1. The van der Waals surface area contributed by atoms with Crippen LogP contribution in [0.25, 0.3) is 11.0 Å². The number of nitrogens with one attached hydrogen (secondary N) is 1. The number of nitro groups is 1. The van der Waals surface area contributed by atoms with E-state index < -0.39 is 16.8 Å².